The second-order valence-electron chi connectivity index (χ2n) is 3.47. The van der Waals surface area contributed by atoms with Crippen molar-refractivity contribution in [2.24, 2.45) is 5.73 Å². The number of aromatic nitrogens is 2. The van der Waals surface area contributed by atoms with Gasteiger partial charge >= 0.3 is 0 Å². The van der Waals surface area contributed by atoms with Crippen LogP contribution < -0.4 is 10.5 Å². The predicted octanol–water partition coefficient (Wildman–Crippen LogP) is 1.99. The Balaban J connectivity index is 2.21. The first kappa shape index (κ1) is 11.8. The van der Waals surface area contributed by atoms with Crippen LogP contribution in [0, 0.1) is 5.41 Å². The third-order valence-electron chi connectivity index (χ3n) is 2.11. The van der Waals surface area contributed by atoms with Gasteiger partial charge in [-0.05, 0) is 19.1 Å². The summed E-state index contributed by atoms with van der Waals surface area (Å²) in [7, 11) is 0. The molecule has 2 aromatic rings. The Kier molecular flexibility index (Phi) is 3.53. The van der Waals surface area contributed by atoms with Gasteiger partial charge in [0.1, 0.15) is 11.6 Å². The molecule has 1 aromatic heterocycles. The van der Waals surface area contributed by atoms with Crippen LogP contribution in [0.4, 0.5) is 0 Å². The van der Waals surface area contributed by atoms with Gasteiger partial charge in [0, 0.05) is 6.07 Å². The van der Waals surface area contributed by atoms with Crippen LogP contribution in [-0.2, 0) is 0 Å². The molecule has 2 rings (SSSR count). The zero-order valence-corrected chi connectivity index (χ0v) is 10.3. The number of nitrogens with one attached hydrogen (secondary N) is 2. The minimum Gasteiger partial charge on any atom is -0.494 e. The summed E-state index contributed by atoms with van der Waals surface area (Å²) in [5.41, 5.74) is 7.12. The SMILES string of the molecule is CCOc1ccc2nc(SCC(=N)N)[nH]c2c1. The molecule has 0 aliphatic rings. The molecule has 0 spiro atoms. The molecule has 1 aromatic carbocycles. The van der Waals surface area contributed by atoms with Gasteiger partial charge in [-0.1, -0.05) is 11.8 Å². The molecule has 0 aliphatic heterocycles. The number of hydrogen-bond acceptors (Lipinski definition) is 4. The molecule has 4 N–H and O–H groups in total. The minimum atomic E-state index is 0.144. The molecular weight excluding hydrogens is 236 g/mol. The molecule has 0 aliphatic carbocycles. The summed E-state index contributed by atoms with van der Waals surface area (Å²) in [5, 5.41) is 7.93. The highest BCUT2D eigenvalue weighted by molar-refractivity contribution is 7.99. The van der Waals surface area contributed by atoms with Gasteiger partial charge in [-0.3, -0.25) is 5.41 Å². The minimum absolute atomic E-state index is 0.144. The highest BCUT2D eigenvalue weighted by atomic mass is 32.2. The van der Waals surface area contributed by atoms with Gasteiger partial charge in [0.15, 0.2) is 5.16 Å². The number of ether oxygens (including phenoxy) is 1. The summed E-state index contributed by atoms with van der Waals surface area (Å²) in [6, 6.07) is 5.73. The molecule has 0 amide bonds. The number of nitrogens with zero attached hydrogens (tertiary/aromatic N) is 1. The number of nitrogens with two attached hydrogens (primary N) is 1. The van der Waals surface area contributed by atoms with Crippen molar-refractivity contribution in [3.05, 3.63) is 18.2 Å². The molecule has 0 bridgehead atoms. The molecule has 17 heavy (non-hydrogen) atoms. The molecule has 1 heterocycles. The van der Waals surface area contributed by atoms with Crippen LogP contribution in [0.2, 0.25) is 0 Å². The molecule has 0 unspecified atom stereocenters. The van der Waals surface area contributed by atoms with Crippen LogP contribution in [-0.4, -0.2) is 28.2 Å². The fourth-order valence-corrected chi connectivity index (χ4v) is 2.07. The van der Waals surface area contributed by atoms with Gasteiger partial charge in [-0.15, -0.1) is 0 Å². The summed E-state index contributed by atoms with van der Waals surface area (Å²) in [5.74, 6) is 1.41. The van der Waals surface area contributed by atoms with E-state index < -0.39 is 0 Å². The van der Waals surface area contributed by atoms with Crippen molar-refractivity contribution in [1.29, 1.82) is 5.41 Å². The lowest BCUT2D eigenvalue weighted by molar-refractivity contribution is 0.340. The lowest BCUT2D eigenvalue weighted by Gasteiger charge is -2.00. The molecule has 6 heteroatoms. The lowest BCUT2D eigenvalue weighted by atomic mass is 10.3. The molecule has 0 fully saturated rings. The van der Waals surface area contributed by atoms with E-state index in [1.165, 1.54) is 11.8 Å². The summed E-state index contributed by atoms with van der Waals surface area (Å²) >= 11 is 1.42. The van der Waals surface area contributed by atoms with Gasteiger partial charge in [0.25, 0.3) is 0 Å². The summed E-state index contributed by atoms with van der Waals surface area (Å²) in [6.07, 6.45) is 0. The number of rotatable bonds is 5. The van der Waals surface area contributed by atoms with E-state index in [1.807, 2.05) is 25.1 Å². The Labute approximate surface area is 103 Å². The van der Waals surface area contributed by atoms with E-state index in [1.54, 1.807) is 0 Å². The van der Waals surface area contributed by atoms with Gasteiger partial charge in [0.05, 0.1) is 23.4 Å². The van der Waals surface area contributed by atoms with E-state index in [9.17, 15) is 0 Å². The highest BCUT2D eigenvalue weighted by Gasteiger charge is 2.05. The number of amidine groups is 1. The fourth-order valence-electron chi connectivity index (χ4n) is 1.44. The number of imidazole rings is 1. The van der Waals surface area contributed by atoms with Crippen LogP contribution in [0.25, 0.3) is 11.0 Å². The maximum Gasteiger partial charge on any atom is 0.166 e. The smallest absolute Gasteiger partial charge is 0.166 e. The Morgan fingerprint density at radius 2 is 2.41 bits per heavy atom. The average molecular weight is 250 g/mol. The lowest BCUT2D eigenvalue weighted by Crippen LogP contribution is -2.12. The zero-order valence-electron chi connectivity index (χ0n) is 9.49. The first-order valence-electron chi connectivity index (χ1n) is 5.27. The summed E-state index contributed by atoms with van der Waals surface area (Å²) < 4.78 is 5.41. The largest absolute Gasteiger partial charge is 0.494 e. The Hall–Kier alpha value is -1.69. The normalized spacial score (nSPS) is 10.6. The molecule has 5 nitrogen and oxygen atoms in total. The Bertz CT molecular complexity index is 537. The standard InChI is InChI=1S/C11H14N4OS/c1-2-16-7-3-4-8-9(5-7)15-11(14-8)17-6-10(12)13/h3-5H,2,6H2,1H3,(H3,12,13)(H,14,15). The van der Waals surface area contributed by atoms with E-state index in [-0.39, 0.29) is 5.84 Å². The quantitative estimate of drug-likeness (QED) is 0.430. The van der Waals surface area contributed by atoms with E-state index in [0.717, 1.165) is 21.9 Å². The molecule has 0 atom stereocenters. The topological polar surface area (TPSA) is 87.8 Å². The van der Waals surface area contributed by atoms with Crippen LogP contribution in [0.1, 0.15) is 6.92 Å². The van der Waals surface area contributed by atoms with Gasteiger partial charge in [-0.2, -0.15) is 0 Å². The number of H-pyrrole nitrogens is 1. The summed E-state index contributed by atoms with van der Waals surface area (Å²) in [6.45, 7) is 2.59. The zero-order chi connectivity index (χ0) is 12.3. The number of benzene rings is 1. The number of hydrogen-bond donors (Lipinski definition) is 3. The number of aromatic amines is 1. The average Bonchev–Trinajstić information content (AvgIpc) is 2.69. The van der Waals surface area contributed by atoms with Crippen LogP contribution in [0.5, 0.6) is 5.75 Å². The Morgan fingerprint density at radius 1 is 1.59 bits per heavy atom. The second kappa shape index (κ2) is 5.09. The van der Waals surface area contributed by atoms with Crippen LogP contribution in [0.3, 0.4) is 0 Å². The maximum absolute atomic E-state index is 7.16. The van der Waals surface area contributed by atoms with Crippen LogP contribution in [0.15, 0.2) is 23.4 Å². The van der Waals surface area contributed by atoms with E-state index in [0.29, 0.717) is 12.4 Å². The van der Waals surface area contributed by atoms with Gasteiger partial charge < -0.3 is 15.5 Å². The predicted molar refractivity (Wildman–Crippen MR) is 69.9 cm³/mol. The van der Waals surface area contributed by atoms with Crippen molar-refractivity contribution >= 4 is 28.6 Å². The fraction of sp³-hybridized carbons (Fsp3) is 0.273. The molecular formula is C11H14N4OS. The third kappa shape index (κ3) is 2.91. The van der Waals surface area contributed by atoms with E-state index in [4.69, 9.17) is 15.9 Å². The van der Waals surface area contributed by atoms with Crippen molar-refractivity contribution in [3.8, 4) is 5.75 Å². The highest BCUT2D eigenvalue weighted by Crippen LogP contribution is 2.23. The summed E-state index contributed by atoms with van der Waals surface area (Å²) in [4.78, 5) is 7.55. The monoisotopic (exact) mass is 250 g/mol. The van der Waals surface area contributed by atoms with E-state index in [2.05, 4.69) is 9.97 Å². The van der Waals surface area contributed by atoms with Crippen molar-refractivity contribution in [3.63, 3.8) is 0 Å². The van der Waals surface area contributed by atoms with Gasteiger partial charge in [0.2, 0.25) is 0 Å². The number of thioether (sulfide) groups is 1. The maximum atomic E-state index is 7.16. The van der Waals surface area contributed by atoms with Crippen LogP contribution >= 0.6 is 11.8 Å². The van der Waals surface area contributed by atoms with Crippen molar-refractivity contribution in [2.75, 3.05) is 12.4 Å². The Morgan fingerprint density at radius 3 is 3.12 bits per heavy atom. The van der Waals surface area contributed by atoms with Crippen molar-refractivity contribution in [2.45, 2.75) is 12.1 Å². The first-order chi connectivity index (χ1) is 8.19. The van der Waals surface area contributed by atoms with Crippen molar-refractivity contribution in [1.82, 2.24) is 9.97 Å². The number of fused-ring (bicyclic) bond motifs is 1. The molecule has 0 radical (unpaired) electrons. The first-order valence-corrected chi connectivity index (χ1v) is 6.26. The van der Waals surface area contributed by atoms with E-state index >= 15 is 0 Å². The molecule has 90 valence electrons. The molecule has 0 saturated carbocycles. The molecule has 0 saturated heterocycles. The third-order valence-corrected chi connectivity index (χ3v) is 3.03. The van der Waals surface area contributed by atoms with Crippen molar-refractivity contribution < 1.29 is 4.74 Å². The van der Waals surface area contributed by atoms with Gasteiger partial charge in [-0.25, -0.2) is 4.98 Å². The second-order valence-corrected chi connectivity index (χ2v) is 4.43.